The van der Waals surface area contributed by atoms with E-state index in [4.69, 9.17) is 21.1 Å². The number of anilines is 4. The molecule has 724 valence electrons. The molecule has 10 amide bonds. The number of halogens is 5. The van der Waals surface area contributed by atoms with Crippen LogP contribution in [-0.4, -0.2) is 177 Å². The minimum atomic E-state index is -0.838. The van der Waals surface area contributed by atoms with Gasteiger partial charge in [-0.25, -0.2) is 56.9 Å². The second-order valence-electron chi connectivity index (χ2n) is 35.2. The zero-order chi connectivity index (χ0) is 101. The molecule has 142 heavy (non-hydrogen) atoms. The number of carbonyl (C=O) groups excluding carboxylic acids is 10. The van der Waals surface area contributed by atoms with Crippen LogP contribution < -0.4 is 30.2 Å². The lowest BCUT2D eigenvalue weighted by atomic mass is 10.0. The lowest BCUT2D eigenvalue weighted by Crippen LogP contribution is -2.37. The summed E-state index contributed by atoms with van der Waals surface area (Å²) < 4.78 is 62.0. The van der Waals surface area contributed by atoms with Gasteiger partial charge in [0.15, 0.2) is 17.5 Å². The molecule has 8 aliphatic heterocycles. The predicted octanol–water partition coefficient (Wildman–Crippen LogP) is 15.8. The van der Waals surface area contributed by atoms with Gasteiger partial charge >= 0.3 is 12.2 Å². The number of fused-ring (bicyclic) bond motifs is 3. The Labute approximate surface area is 825 Å². The molecule has 0 atom stereocenters. The maximum Gasteiger partial charge on any atom is 0.417 e. The third-order valence-electron chi connectivity index (χ3n) is 22.8. The highest BCUT2D eigenvalue weighted by atomic mass is 79.9. The number of pyridine rings is 3. The SMILES string of the molecule is Brc1ccn(Cc2ccccc2)n1.CC(C)(C)OC(=O)N1Cc2nc(-c3c(F)cccc3C#N)cc(-n3ccc(N4CCCC4=O)n3)c2C1=O.CC(C)(C)OC(=O)N1Cc2nc(-c3c(F)cccc3C#N)cc(Cl)c2C1=O.N#Cc1cccc(F)c1-c1cc(-n2ccc(N3CCCC3=O)n2)c2c(n1)CNC2=O.O=C1CCCN1.O=C1CCCN1c1ccn(Cc2ccccc2)n1.O=C1CCCN1c1ccn[nH]1. The van der Waals surface area contributed by atoms with Crippen LogP contribution in [0.15, 0.2) is 199 Å². The summed E-state index contributed by atoms with van der Waals surface area (Å²) in [6.07, 6.45) is 14.5. The molecule has 5 saturated heterocycles. The van der Waals surface area contributed by atoms with Crippen molar-refractivity contribution in [3.05, 3.63) is 283 Å². The van der Waals surface area contributed by atoms with Gasteiger partial charge < -0.3 is 20.1 Å². The first-order valence-corrected chi connectivity index (χ1v) is 46.5. The highest BCUT2D eigenvalue weighted by molar-refractivity contribution is 9.10. The van der Waals surface area contributed by atoms with Crippen LogP contribution in [0.2, 0.25) is 5.02 Å². The quantitative estimate of drug-likeness (QED) is 0.0965. The number of hydrogen-bond acceptors (Lipinski definition) is 23. The standard InChI is InChI=1S/C26H23FN6O4.C21H15FN6O2.C19H15ClFN3O3.C14H15N3O.C10H9BrN2.C7H9N3O.C4H7NO/c1-26(2,3)37-25(36)32-14-18-23(24(32)35)19(33-11-9-20(30-33)31-10-5-8-21(31)34)12-17(29-18)22-15(13-28)6-4-7-16(22)27;22-13-4-1-3-12(10-23)19(13)14-9-16(20-15(25-14)11-24-21(20)30)28-8-6-17(26-28)27-7-2-5-18(27)29;1-19(2,3)27-18(26)24-9-14-16(17(24)25)11(20)7-13(23-14)15-10(8-22)5-4-6-12(15)21;18-14-7-4-9-17(14)13-8-10-16(15-13)11-12-5-2-1-3-6-12;11-10-6-7-13(12-10)8-9-4-2-1-3-5-9;11-7-2-1-5-10(7)6-3-4-8-9-6;6-4-2-1-3-5-4/h4,6-7,9,11-12H,5,8,10,14H2,1-3H3;1,3-4,6,8-9H,2,5,7,11H2,(H,24,30);4-7H,9H2,1-3H3;1-3,5-6,8,10H,4,7,9,11H2;1-7H,8H2;3-4H,1-2,5H2,(H,8,9);1-3H2,(H,5,6). The largest absolute Gasteiger partial charge is 0.443 e. The minimum Gasteiger partial charge on any atom is -0.443 e. The molecule has 5 aromatic carbocycles. The molecule has 0 unspecified atom stereocenters. The molecule has 36 nitrogen and oxygen atoms in total. The third kappa shape index (κ3) is 23.5. The summed E-state index contributed by atoms with van der Waals surface area (Å²) in [6.45, 7) is 15.2. The van der Waals surface area contributed by atoms with E-state index < -0.39 is 52.7 Å². The number of carbonyl (C=O) groups is 10. The number of nitriles is 3. The smallest absolute Gasteiger partial charge is 0.417 e. The fourth-order valence-corrected chi connectivity index (χ4v) is 17.0. The maximum atomic E-state index is 14.9. The highest BCUT2D eigenvalue weighted by Crippen LogP contribution is 2.40. The van der Waals surface area contributed by atoms with Crippen molar-refractivity contribution in [3.63, 3.8) is 0 Å². The molecule has 0 saturated carbocycles. The van der Waals surface area contributed by atoms with Crippen LogP contribution in [0.4, 0.5) is 46.0 Å². The van der Waals surface area contributed by atoms with E-state index in [2.05, 4.69) is 96.4 Å². The fraction of sp³-hybridized carbons (Fsp3) is 0.277. The summed E-state index contributed by atoms with van der Waals surface area (Å²) in [4.78, 5) is 142. The molecule has 8 aliphatic rings. The zero-order valence-electron chi connectivity index (χ0n) is 77.8. The van der Waals surface area contributed by atoms with Crippen molar-refractivity contribution in [3.8, 4) is 63.4 Å². The molecule has 0 aliphatic carbocycles. The first-order valence-electron chi connectivity index (χ1n) is 45.3. The van der Waals surface area contributed by atoms with Crippen molar-refractivity contribution in [2.75, 3.05) is 52.3 Å². The zero-order valence-corrected chi connectivity index (χ0v) is 80.1. The van der Waals surface area contributed by atoms with Crippen molar-refractivity contribution >= 4 is 110 Å². The van der Waals surface area contributed by atoms with Gasteiger partial charge in [0.05, 0.1) is 158 Å². The lowest BCUT2D eigenvalue weighted by molar-refractivity contribution is -0.119. The average Bonchev–Trinajstić information content (AvgIpc) is 1.52. The van der Waals surface area contributed by atoms with E-state index in [1.54, 1.807) is 97.9 Å². The Morgan fingerprint density at radius 2 is 0.866 bits per heavy atom. The van der Waals surface area contributed by atoms with Crippen LogP contribution in [0.3, 0.4) is 0 Å². The van der Waals surface area contributed by atoms with Crippen molar-refractivity contribution in [1.29, 1.82) is 15.8 Å². The monoisotopic (exact) mass is 2000 g/mol. The molecule has 3 N–H and O–H groups in total. The molecule has 0 spiro atoms. The molecule has 0 radical (unpaired) electrons. The van der Waals surface area contributed by atoms with Crippen molar-refractivity contribution in [1.82, 2.24) is 84.7 Å². The van der Waals surface area contributed by atoms with Gasteiger partial charge in [0, 0.05) is 114 Å². The van der Waals surface area contributed by atoms with E-state index in [9.17, 15) is 76.9 Å². The van der Waals surface area contributed by atoms with Gasteiger partial charge in [0.2, 0.25) is 29.5 Å². The predicted molar refractivity (Wildman–Crippen MR) is 516 cm³/mol. The van der Waals surface area contributed by atoms with E-state index >= 15 is 0 Å². The molecule has 5 fully saturated rings. The Morgan fingerprint density at radius 3 is 1.27 bits per heavy atom. The van der Waals surface area contributed by atoms with E-state index in [1.807, 2.05) is 94.6 Å². The molecule has 21 rings (SSSR count). The van der Waals surface area contributed by atoms with E-state index in [0.717, 1.165) is 90.9 Å². The second kappa shape index (κ2) is 44.0. The topological polar surface area (TPSA) is 443 Å². The number of benzene rings is 5. The molecule has 8 aromatic heterocycles. The van der Waals surface area contributed by atoms with E-state index in [0.29, 0.717) is 73.8 Å². The third-order valence-corrected chi connectivity index (χ3v) is 23.5. The number of aromatic amines is 1. The molecule has 41 heteroatoms. The lowest BCUT2D eigenvalue weighted by Gasteiger charge is -2.23. The number of amides is 10. The summed E-state index contributed by atoms with van der Waals surface area (Å²) in [5, 5.41) is 57.9. The number of ether oxygens (including phenoxy) is 2. The van der Waals surface area contributed by atoms with Crippen molar-refractivity contribution < 1.29 is 70.6 Å². The van der Waals surface area contributed by atoms with Gasteiger partial charge in [-0.2, -0.15) is 31.1 Å². The first kappa shape index (κ1) is 99.8. The second-order valence-corrected chi connectivity index (χ2v) is 36.4. The molecular weight excluding hydrogens is 1910 g/mol. The molecule has 0 bridgehead atoms. The number of nitrogens with zero attached hydrogens (tertiary/aromatic N) is 21. The van der Waals surface area contributed by atoms with Crippen molar-refractivity contribution in [2.45, 2.75) is 150 Å². The Bertz CT molecular complexity index is 7150. The van der Waals surface area contributed by atoms with E-state index in [-0.39, 0.29) is 139 Å². The molecular formula is C101H93BrClF3N24O12. The summed E-state index contributed by atoms with van der Waals surface area (Å²) in [5.74, 6) is -0.424. The van der Waals surface area contributed by atoms with Gasteiger partial charge in [0.25, 0.3) is 17.7 Å². The van der Waals surface area contributed by atoms with Gasteiger partial charge in [-0.3, -0.25) is 72.4 Å². The molecule has 13 aromatic rings. The Kier molecular flexibility index (Phi) is 30.9. The summed E-state index contributed by atoms with van der Waals surface area (Å²) in [6, 6.07) is 52.1. The summed E-state index contributed by atoms with van der Waals surface area (Å²) >= 11 is 9.54. The average molecular weight is 2010 g/mol. The number of nitrogens with one attached hydrogen (secondary N) is 3. The number of H-pyrrole nitrogens is 1. The van der Waals surface area contributed by atoms with Gasteiger partial charge in [0.1, 0.15) is 39.1 Å². The minimum absolute atomic E-state index is 0.00339. The first-order chi connectivity index (χ1) is 68.2. The number of hydrogen-bond donors (Lipinski definition) is 3. The Hall–Kier alpha value is -16.7. The van der Waals surface area contributed by atoms with Crippen LogP contribution in [0.25, 0.3) is 45.1 Å². The fourth-order valence-electron chi connectivity index (χ4n) is 16.3. The normalized spacial score (nSPS) is 14.9. The summed E-state index contributed by atoms with van der Waals surface area (Å²) in [5.41, 5.74) is 3.73. The van der Waals surface area contributed by atoms with Crippen LogP contribution in [0, 0.1) is 51.4 Å². The van der Waals surface area contributed by atoms with Gasteiger partial charge in [-0.05, 0) is 161 Å². The van der Waals surface area contributed by atoms with Crippen LogP contribution >= 0.6 is 27.5 Å². The van der Waals surface area contributed by atoms with E-state index in [1.165, 1.54) is 87.2 Å². The number of rotatable bonds is 13. The Balaban J connectivity index is 0.000000132. The van der Waals surface area contributed by atoms with Crippen LogP contribution in [-0.2, 0) is 66.2 Å². The molecule has 16 heterocycles. The maximum absolute atomic E-state index is 14.9. The van der Waals surface area contributed by atoms with Crippen LogP contribution in [0.5, 0.6) is 0 Å². The Morgan fingerprint density at radius 1 is 0.451 bits per heavy atom. The number of imide groups is 2. The van der Waals surface area contributed by atoms with Gasteiger partial charge in [-0.15, -0.1) is 10.2 Å². The highest BCUT2D eigenvalue weighted by Gasteiger charge is 2.42. The summed E-state index contributed by atoms with van der Waals surface area (Å²) in [7, 11) is 0. The van der Waals surface area contributed by atoms with Crippen LogP contribution in [0.1, 0.15) is 182 Å². The number of aromatic nitrogens is 13. The van der Waals surface area contributed by atoms with Gasteiger partial charge in [-0.1, -0.05) is 90.5 Å². The van der Waals surface area contributed by atoms with Crippen molar-refractivity contribution in [2.24, 2.45) is 0 Å².